The lowest BCUT2D eigenvalue weighted by atomic mass is 10.2. The minimum absolute atomic E-state index is 0.179. The molecular weight excluding hydrogens is 266 g/mol. The van der Waals surface area contributed by atoms with Crippen molar-refractivity contribution in [3.63, 3.8) is 0 Å². The average Bonchev–Trinajstić information content (AvgIpc) is 2.34. The summed E-state index contributed by atoms with van der Waals surface area (Å²) in [5.74, 6) is 0.870. The fourth-order valence-electron chi connectivity index (χ4n) is 1.62. The molecule has 0 atom stereocenters. The molecule has 1 rings (SSSR count). The zero-order chi connectivity index (χ0) is 14.1. The molecule has 108 valence electrons. The van der Waals surface area contributed by atoms with Gasteiger partial charge >= 0.3 is 10.3 Å². The first-order valence-corrected chi connectivity index (χ1v) is 7.93. The summed E-state index contributed by atoms with van der Waals surface area (Å²) < 4.78 is 31.5. The number of unbranched alkanes of at least 4 members (excludes halogenated alkanes) is 4. The van der Waals surface area contributed by atoms with Crippen LogP contribution in [0.4, 0.5) is 0 Å². The maximum absolute atomic E-state index is 10.7. The van der Waals surface area contributed by atoms with Gasteiger partial charge in [-0.2, -0.15) is 13.6 Å². The Balaban J connectivity index is 2.28. The van der Waals surface area contributed by atoms with Crippen LogP contribution < -0.4 is 14.1 Å². The lowest BCUT2D eigenvalue weighted by molar-refractivity contribution is 0.304. The van der Waals surface area contributed by atoms with Crippen LogP contribution in [0, 0.1) is 0 Å². The van der Waals surface area contributed by atoms with Crippen molar-refractivity contribution in [1.82, 2.24) is 0 Å². The van der Waals surface area contributed by atoms with Crippen molar-refractivity contribution >= 4 is 10.3 Å². The molecule has 2 N–H and O–H groups in total. The molecule has 5 nitrogen and oxygen atoms in total. The van der Waals surface area contributed by atoms with Gasteiger partial charge in [0.2, 0.25) is 0 Å². The lowest BCUT2D eigenvalue weighted by Gasteiger charge is -2.07. The van der Waals surface area contributed by atoms with Crippen molar-refractivity contribution in [3.05, 3.63) is 24.3 Å². The summed E-state index contributed by atoms with van der Waals surface area (Å²) >= 11 is 0. The molecule has 0 fully saturated rings. The molecule has 0 bridgehead atoms. The van der Waals surface area contributed by atoms with Gasteiger partial charge in [0.05, 0.1) is 6.61 Å². The molecule has 0 unspecified atom stereocenters. The third-order valence-corrected chi connectivity index (χ3v) is 2.98. The topological polar surface area (TPSA) is 78.6 Å². The van der Waals surface area contributed by atoms with Gasteiger partial charge in [-0.1, -0.05) is 32.6 Å². The largest absolute Gasteiger partial charge is 0.494 e. The van der Waals surface area contributed by atoms with Crippen LogP contribution >= 0.6 is 0 Å². The van der Waals surface area contributed by atoms with Crippen molar-refractivity contribution in [2.24, 2.45) is 5.14 Å². The van der Waals surface area contributed by atoms with Crippen LogP contribution in [0.25, 0.3) is 0 Å². The smallest absolute Gasteiger partial charge is 0.380 e. The standard InChI is InChI=1S/C13H21NO4S/c1-2-3-4-5-6-11-17-12-7-9-13(10-8-12)18-19(14,15)16/h7-10H,2-6,11H2,1H3,(H2,14,15,16). The highest BCUT2D eigenvalue weighted by molar-refractivity contribution is 7.84. The van der Waals surface area contributed by atoms with Crippen LogP contribution in [0.15, 0.2) is 24.3 Å². The Labute approximate surface area is 115 Å². The van der Waals surface area contributed by atoms with Crippen LogP contribution in [0.3, 0.4) is 0 Å². The molecule has 0 amide bonds. The van der Waals surface area contributed by atoms with E-state index in [4.69, 9.17) is 9.88 Å². The van der Waals surface area contributed by atoms with Crippen molar-refractivity contribution < 1.29 is 17.3 Å². The number of nitrogens with two attached hydrogens (primary N) is 1. The number of ether oxygens (including phenoxy) is 1. The Morgan fingerprint density at radius 2 is 1.58 bits per heavy atom. The van der Waals surface area contributed by atoms with Gasteiger partial charge in [-0.25, -0.2) is 0 Å². The Kier molecular flexibility index (Phi) is 6.66. The predicted molar refractivity (Wildman–Crippen MR) is 74.4 cm³/mol. The van der Waals surface area contributed by atoms with Gasteiger partial charge in [-0.15, -0.1) is 0 Å². The Morgan fingerprint density at radius 3 is 2.16 bits per heavy atom. The Bertz CT molecular complexity index is 456. The van der Waals surface area contributed by atoms with Crippen molar-refractivity contribution in [2.45, 2.75) is 39.0 Å². The zero-order valence-corrected chi connectivity index (χ0v) is 12.0. The second kappa shape index (κ2) is 8.01. The summed E-state index contributed by atoms with van der Waals surface area (Å²) in [6, 6.07) is 6.34. The summed E-state index contributed by atoms with van der Waals surface area (Å²) in [4.78, 5) is 0. The van der Waals surface area contributed by atoms with E-state index in [0.717, 1.165) is 6.42 Å². The first kappa shape index (κ1) is 15.8. The molecule has 0 aromatic heterocycles. The fraction of sp³-hybridized carbons (Fsp3) is 0.538. The quantitative estimate of drug-likeness (QED) is 0.708. The zero-order valence-electron chi connectivity index (χ0n) is 11.2. The van der Waals surface area contributed by atoms with Gasteiger partial charge in [0.1, 0.15) is 11.5 Å². The first-order chi connectivity index (χ1) is 9.01. The van der Waals surface area contributed by atoms with E-state index in [1.54, 1.807) is 12.1 Å². The molecule has 0 radical (unpaired) electrons. The van der Waals surface area contributed by atoms with Crippen molar-refractivity contribution in [3.8, 4) is 11.5 Å². The molecule has 6 heteroatoms. The van der Waals surface area contributed by atoms with E-state index < -0.39 is 10.3 Å². The summed E-state index contributed by atoms with van der Waals surface area (Å²) in [5, 5.41) is 4.76. The van der Waals surface area contributed by atoms with E-state index in [2.05, 4.69) is 11.1 Å². The van der Waals surface area contributed by atoms with Crippen LogP contribution in [0.5, 0.6) is 11.5 Å². The molecule has 0 aliphatic carbocycles. The predicted octanol–water partition coefficient (Wildman–Crippen LogP) is 2.62. The third-order valence-electron chi connectivity index (χ3n) is 2.55. The highest BCUT2D eigenvalue weighted by atomic mass is 32.2. The monoisotopic (exact) mass is 287 g/mol. The molecular formula is C13H21NO4S. The summed E-state index contributed by atoms with van der Waals surface area (Å²) in [6.07, 6.45) is 5.92. The number of hydrogen-bond donors (Lipinski definition) is 1. The van der Waals surface area contributed by atoms with Gasteiger partial charge in [0, 0.05) is 0 Å². The van der Waals surface area contributed by atoms with E-state index in [1.807, 2.05) is 0 Å². The molecule has 0 spiro atoms. The minimum atomic E-state index is -3.96. The molecule has 1 aromatic rings. The molecule has 0 saturated heterocycles. The van der Waals surface area contributed by atoms with Crippen LogP contribution in [0.2, 0.25) is 0 Å². The second-order valence-electron chi connectivity index (χ2n) is 4.31. The average molecular weight is 287 g/mol. The van der Waals surface area contributed by atoms with Gasteiger partial charge in [0.25, 0.3) is 0 Å². The molecule has 0 heterocycles. The van der Waals surface area contributed by atoms with Crippen molar-refractivity contribution in [1.29, 1.82) is 0 Å². The van der Waals surface area contributed by atoms with E-state index in [1.165, 1.54) is 37.8 Å². The second-order valence-corrected chi connectivity index (χ2v) is 5.46. The molecule has 0 aliphatic rings. The normalized spacial score (nSPS) is 11.3. The van der Waals surface area contributed by atoms with E-state index in [0.29, 0.717) is 12.4 Å². The minimum Gasteiger partial charge on any atom is -0.494 e. The maximum Gasteiger partial charge on any atom is 0.380 e. The molecule has 0 saturated carbocycles. The number of benzene rings is 1. The van der Waals surface area contributed by atoms with E-state index >= 15 is 0 Å². The first-order valence-electron chi connectivity index (χ1n) is 6.46. The number of hydrogen-bond acceptors (Lipinski definition) is 4. The fourth-order valence-corrected chi connectivity index (χ4v) is 2.00. The molecule has 1 aromatic carbocycles. The van der Waals surface area contributed by atoms with Crippen molar-refractivity contribution in [2.75, 3.05) is 6.61 Å². The highest BCUT2D eigenvalue weighted by Gasteiger charge is 2.04. The van der Waals surface area contributed by atoms with Gasteiger partial charge < -0.3 is 8.92 Å². The molecule has 19 heavy (non-hydrogen) atoms. The number of rotatable bonds is 9. The van der Waals surface area contributed by atoms with Crippen LogP contribution in [-0.2, 0) is 10.3 Å². The maximum atomic E-state index is 10.7. The van der Waals surface area contributed by atoms with E-state index in [9.17, 15) is 8.42 Å². The third kappa shape index (κ3) is 7.69. The SMILES string of the molecule is CCCCCCCOc1ccc(OS(N)(=O)=O)cc1. The van der Waals surface area contributed by atoms with Crippen LogP contribution in [-0.4, -0.2) is 15.0 Å². The van der Waals surface area contributed by atoms with Gasteiger partial charge in [0.15, 0.2) is 0 Å². The Morgan fingerprint density at radius 1 is 1.00 bits per heavy atom. The molecule has 0 aliphatic heterocycles. The summed E-state index contributed by atoms with van der Waals surface area (Å²) in [5.41, 5.74) is 0. The summed E-state index contributed by atoms with van der Waals surface area (Å²) in [7, 11) is -3.96. The lowest BCUT2D eigenvalue weighted by Crippen LogP contribution is -2.18. The van der Waals surface area contributed by atoms with Gasteiger partial charge in [-0.05, 0) is 30.7 Å². The van der Waals surface area contributed by atoms with Gasteiger partial charge in [-0.3, -0.25) is 0 Å². The summed E-state index contributed by atoms with van der Waals surface area (Å²) in [6.45, 7) is 2.85. The highest BCUT2D eigenvalue weighted by Crippen LogP contribution is 2.18. The van der Waals surface area contributed by atoms with Crippen LogP contribution in [0.1, 0.15) is 39.0 Å². The Hall–Kier alpha value is -1.27. The van der Waals surface area contributed by atoms with E-state index in [-0.39, 0.29) is 5.75 Å².